The van der Waals surface area contributed by atoms with Crippen LogP contribution < -0.4 is 5.32 Å². The van der Waals surface area contributed by atoms with Crippen molar-refractivity contribution in [3.8, 4) is 0 Å². The third kappa shape index (κ3) is 2.59. The molecule has 2 aliphatic heterocycles. The summed E-state index contributed by atoms with van der Waals surface area (Å²) in [5.74, 6) is 0.234. The molecule has 3 heterocycles. The van der Waals surface area contributed by atoms with E-state index in [1.165, 1.54) is 12.8 Å². The summed E-state index contributed by atoms with van der Waals surface area (Å²) in [5, 5.41) is 3.54. The monoisotopic (exact) mass is 276 g/mol. The zero-order chi connectivity index (χ0) is 13.9. The Labute approximate surface area is 120 Å². The van der Waals surface area contributed by atoms with Crippen molar-refractivity contribution >= 4 is 5.91 Å². The number of nitrogens with one attached hydrogen (secondary N) is 1. The highest BCUT2D eigenvalue weighted by atomic mass is 16.2. The van der Waals surface area contributed by atoms with Gasteiger partial charge in [0.25, 0.3) is 0 Å². The number of likely N-dealkylation sites (tertiary alicyclic amines) is 1. The lowest BCUT2D eigenvalue weighted by Crippen LogP contribution is -2.36. The lowest BCUT2D eigenvalue weighted by molar-refractivity contribution is -0.133. The molecular formula is C15H24N4O. The zero-order valence-corrected chi connectivity index (χ0v) is 12.2. The molecule has 3 rings (SSSR count). The number of carbonyl (C=O) groups is 1. The largest absolute Gasteiger partial charge is 0.341 e. The Morgan fingerprint density at radius 1 is 1.35 bits per heavy atom. The van der Waals surface area contributed by atoms with Gasteiger partial charge in [0, 0.05) is 25.3 Å². The predicted molar refractivity (Wildman–Crippen MR) is 77.3 cm³/mol. The van der Waals surface area contributed by atoms with Crippen LogP contribution in [0.2, 0.25) is 0 Å². The van der Waals surface area contributed by atoms with Crippen LogP contribution in [-0.2, 0) is 4.79 Å². The van der Waals surface area contributed by atoms with Crippen LogP contribution in [0.5, 0.6) is 0 Å². The minimum absolute atomic E-state index is 0.144. The number of nitrogens with zero attached hydrogens (tertiary/aromatic N) is 3. The highest BCUT2D eigenvalue weighted by Gasteiger charge is 2.27. The molecule has 1 amide bonds. The summed E-state index contributed by atoms with van der Waals surface area (Å²) in [6.07, 6.45) is 9.63. The lowest BCUT2D eigenvalue weighted by atomic mass is 10.0. The van der Waals surface area contributed by atoms with Gasteiger partial charge in [0.15, 0.2) is 0 Å². The average molecular weight is 276 g/mol. The van der Waals surface area contributed by atoms with Crippen LogP contribution >= 0.6 is 0 Å². The molecule has 110 valence electrons. The molecule has 2 aliphatic rings. The molecule has 0 saturated carbocycles. The zero-order valence-electron chi connectivity index (χ0n) is 12.2. The van der Waals surface area contributed by atoms with Crippen LogP contribution in [0.3, 0.4) is 0 Å². The molecule has 1 aromatic rings. The van der Waals surface area contributed by atoms with Gasteiger partial charge in [-0.15, -0.1) is 0 Å². The van der Waals surface area contributed by atoms with Crippen molar-refractivity contribution in [1.29, 1.82) is 0 Å². The molecule has 0 aromatic carbocycles. The van der Waals surface area contributed by atoms with Crippen LogP contribution in [-0.4, -0.2) is 40.0 Å². The van der Waals surface area contributed by atoms with Crippen molar-refractivity contribution in [2.24, 2.45) is 0 Å². The van der Waals surface area contributed by atoms with E-state index >= 15 is 0 Å². The van der Waals surface area contributed by atoms with Gasteiger partial charge in [-0.05, 0) is 39.2 Å². The van der Waals surface area contributed by atoms with Crippen molar-refractivity contribution in [1.82, 2.24) is 19.8 Å². The van der Waals surface area contributed by atoms with Crippen LogP contribution in [0, 0.1) is 0 Å². The summed E-state index contributed by atoms with van der Waals surface area (Å²) in [6, 6.07) is 0.203. The smallest absolute Gasteiger partial charge is 0.245 e. The number of hydrogen-bond acceptors (Lipinski definition) is 3. The van der Waals surface area contributed by atoms with Gasteiger partial charge in [-0.3, -0.25) is 4.79 Å². The Bertz CT molecular complexity index is 458. The van der Waals surface area contributed by atoms with Crippen molar-refractivity contribution < 1.29 is 4.79 Å². The lowest BCUT2D eigenvalue weighted by Gasteiger charge is -2.27. The maximum atomic E-state index is 12.5. The summed E-state index contributed by atoms with van der Waals surface area (Å²) >= 11 is 0. The first kappa shape index (κ1) is 13.6. The highest BCUT2D eigenvalue weighted by Crippen LogP contribution is 2.26. The van der Waals surface area contributed by atoms with Crippen molar-refractivity contribution in [2.75, 3.05) is 19.6 Å². The van der Waals surface area contributed by atoms with E-state index in [0.717, 1.165) is 44.6 Å². The van der Waals surface area contributed by atoms with Crippen molar-refractivity contribution in [3.05, 3.63) is 18.2 Å². The first-order chi connectivity index (χ1) is 9.77. The normalized spacial score (nSPS) is 24.9. The number of imidazole rings is 1. The molecule has 0 bridgehead atoms. The van der Waals surface area contributed by atoms with E-state index in [1.807, 2.05) is 24.3 Å². The van der Waals surface area contributed by atoms with Gasteiger partial charge < -0.3 is 14.8 Å². The van der Waals surface area contributed by atoms with E-state index < -0.39 is 0 Å². The number of aromatic nitrogens is 2. The van der Waals surface area contributed by atoms with Gasteiger partial charge in [0.05, 0.1) is 12.0 Å². The van der Waals surface area contributed by atoms with Gasteiger partial charge in [0.2, 0.25) is 5.91 Å². The molecule has 0 radical (unpaired) electrons. The molecule has 20 heavy (non-hydrogen) atoms. The quantitative estimate of drug-likeness (QED) is 0.917. The van der Waals surface area contributed by atoms with Crippen molar-refractivity contribution in [3.63, 3.8) is 0 Å². The van der Waals surface area contributed by atoms with Gasteiger partial charge in [-0.1, -0.05) is 6.42 Å². The summed E-state index contributed by atoms with van der Waals surface area (Å²) in [5.41, 5.74) is 1.16. The Balaban J connectivity index is 1.75. The predicted octanol–water partition coefficient (Wildman–Crippen LogP) is 1.88. The molecule has 2 fully saturated rings. The summed E-state index contributed by atoms with van der Waals surface area (Å²) < 4.78 is 2.06. The fraction of sp³-hybridized carbons (Fsp3) is 0.733. The number of hydrogen-bond donors (Lipinski definition) is 1. The second kappa shape index (κ2) is 5.95. The Hall–Kier alpha value is -1.36. The maximum Gasteiger partial charge on any atom is 0.245 e. The van der Waals surface area contributed by atoms with E-state index in [0.29, 0.717) is 6.04 Å². The van der Waals surface area contributed by atoms with Gasteiger partial charge in [-0.2, -0.15) is 0 Å². The number of carbonyl (C=O) groups excluding carboxylic acids is 1. The molecule has 1 aromatic heterocycles. The molecular weight excluding hydrogens is 252 g/mol. The third-order valence-corrected chi connectivity index (χ3v) is 4.56. The molecule has 2 atom stereocenters. The number of rotatable bonds is 3. The van der Waals surface area contributed by atoms with Gasteiger partial charge in [0.1, 0.15) is 6.04 Å². The molecule has 0 spiro atoms. The third-order valence-electron chi connectivity index (χ3n) is 4.56. The molecule has 1 N–H and O–H groups in total. The maximum absolute atomic E-state index is 12.5. The molecule has 2 saturated heterocycles. The first-order valence-electron chi connectivity index (χ1n) is 7.81. The first-order valence-corrected chi connectivity index (χ1v) is 7.81. The fourth-order valence-electron chi connectivity index (χ4n) is 3.33. The van der Waals surface area contributed by atoms with Gasteiger partial charge >= 0.3 is 0 Å². The fourth-order valence-corrected chi connectivity index (χ4v) is 3.33. The topological polar surface area (TPSA) is 50.2 Å². The molecule has 2 unspecified atom stereocenters. The molecule has 5 heteroatoms. The van der Waals surface area contributed by atoms with Crippen LogP contribution in [0.15, 0.2) is 12.5 Å². The van der Waals surface area contributed by atoms with E-state index in [4.69, 9.17) is 0 Å². The Kier molecular flexibility index (Phi) is 4.05. The minimum Gasteiger partial charge on any atom is -0.341 e. The van der Waals surface area contributed by atoms with E-state index in [1.54, 1.807) is 0 Å². The SMILES string of the molecule is CC(C(=O)N1CCCC1)n1cncc1C1CCCCN1. The molecule has 0 aliphatic carbocycles. The summed E-state index contributed by atoms with van der Waals surface area (Å²) in [7, 11) is 0. The minimum atomic E-state index is -0.144. The van der Waals surface area contributed by atoms with Crippen LogP contribution in [0.25, 0.3) is 0 Å². The Morgan fingerprint density at radius 3 is 2.85 bits per heavy atom. The highest BCUT2D eigenvalue weighted by molar-refractivity contribution is 5.80. The second-order valence-corrected chi connectivity index (χ2v) is 5.94. The Morgan fingerprint density at radius 2 is 2.15 bits per heavy atom. The van der Waals surface area contributed by atoms with Crippen LogP contribution in [0.1, 0.15) is 56.8 Å². The van der Waals surface area contributed by atoms with E-state index in [9.17, 15) is 4.79 Å². The number of amides is 1. The van der Waals surface area contributed by atoms with Crippen LogP contribution in [0.4, 0.5) is 0 Å². The van der Waals surface area contributed by atoms with E-state index in [2.05, 4.69) is 14.9 Å². The van der Waals surface area contributed by atoms with E-state index in [-0.39, 0.29) is 11.9 Å². The standard InChI is InChI=1S/C15H24N4O/c1-12(15(20)18-8-4-5-9-18)19-11-16-10-14(19)13-6-2-3-7-17-13/h10-13,17H,2-9H2,1H3. The molecule has 5 nitrogen and oxygen atoms in total. The summed E-state index contributed by atoms with van der Waals surface area (Å²) in [4.78, 5) is 18.8. The second-order valence-electron chi connectivity index (χ2n) is 5.94. The summed E-state index contributed by atoms with van der Waals surface area (Å²) in [6.45, 7) is 4.88. The van der Waals surface area contributed by atoms with Crippen molar-refractivity contribution in [2.45, 2.75) is 51.1 Å². The van der Waals surface area contributed by atoms with Gasteiger partial charge in [-0.25, -0.2) is 4.98 Å². The number of piperidine rings is 1. The average Bonchev–Trinajstić information content (AvgIpc) is 3.17.